The van der Waals surface area contributed by atoms with Crippen molar-refractivity contribution in [1.82, 2.24) is 14.5 Å². The minimum atomic E-state index is -0.565. The quantitative estimate of drug-likeness (QED) is 0.859. The van der Waals surface area contributed by atoms with Gasteiger partial charge in [0.2, 0.25) is 0 Å². The summed E-state index contributed by atoms with van der Waals surface area (Å²) in [6.45, 7) is 6.39. The lowest BCUT2D eigenvalue weighted by Gasteiger charge is -2.39. The number of hydrogen-bond donors (Lipinski definition) is 1. The minimum Gasteiger partial charge on any atom is -0.389 e. The maximum atomic E-state index is 10.6. The highest BCUT2D eigenvalue weighted by Crippen LogP contribution is 2.26. The lowest BCUT2D eigenvalue weighted by atomic mass is 9.87. The van der Waals surface area contributed by atoms with Crippen LogP contribution < -0.4 is 0 Å². The normalized spacial score (nSPS) is 21.0. The fourth-order valence-electron chi connectivity index (χ4n) is 2.49. The molecule has 96 valence electrons. The first-order valence-electron chi connectivity index (χ1n) is 6.43. The van der Waals surface area contributed by atoms with E-state index in [4.69, 9.17) is 0 Å². The van der Waals surface area contributed by atoms with Crippen LogP contribution in [-0.4, -0.2) is 44.3 Å². The zero-order valence-electron chi connectivity index (χ0n) is 11.1. The van der Waals surface area contributed by atoms with E-state index in [-0.39, 0.29) is 0 Å². The molecule has 0 aliphatic carbocycles. The van der Waals surface area contributed by atoms with Gasteiger partial charge >= 0.3 is 0 Å². The first-order valence-corrected chi connectivity index (χ1v) is 6.43. The zero-order chi connectivity index (χ0) is 12.5. The second-order valence-electron chi connectivity index (χ2n) is 5.49. The summed E-state index contributed by atoms with van der Waals surface area (Å²) in [5.74, 6) is 0.977. The maximum Gasteiger partial charge on any atom is 0.111 e. The largest absolute Gasteiger partial charge is 0.389 e. The molecule has 0 saturated carbocycles. The van der Waals surface area contributed by atoms with E-state index in [2.05, 4.69) is 23.7 Å². The van der Waals surface area contributed by atoms with Gasteiger partial charge < -0.3 is 14.6 Å². The number of aliphatic hydroxyl groups is 1. The first-order chi connectivity index (χ1) is 8.00. The number of aromatic nitrogens is 2. The summed E-state index contributed by atoms with van der Waals surface area (Å²) in [5, 5.41) is 10.6. The van der Waals surface area contributed by atoms with Crippen LogP contribution >= 0.6 is 0 Å². The molecular formula is C13H23N3O. The van der Waals surface area contributed by atoms with Gasteiger partial charge in [-0.15, -0.1) is 0 Å². The van der Waals surface area contributed by atoms with Gasteiger partial charge in [-0.05, 0) is 26.7 Å². The third kappa shape index (κ3) is 2.87. The smallest absolute Gasteiger partial charge is 0.111 e. The topological polar surface area (TPSA) is 41.3 Å². The Morgan fingerprint density at radius 2 is 2.06 bits per heavy atom. The standard InChI is InChI=1S/C13H23N3O/c1-11(2)16-7-4-13(17,5-8-16)10-12-14-6-9-15(12)3/h6,9,11,17H,4-5,7-8,10H2,1-3H3. The average Bonchev–Trinajstić information content (AvgIpc) is 2.64. The number of rotatable bonds is 3. The molecule has 0 aromatic carbocycles. The summed E-state index contributed by atoms with van der Waals surface area (Å²) in [4.78, 5) is 6.72. The molecule has 0 amide bonds. The second-order valence-corrected chi connectivity index (χ2v) is 5.49. The SMILES string of the molecule is CC(C)N1CCC(O)(Cc2nccn2C)CC1. The van der Waals surface area contributed by atoms with Crippen LogP contribution in [0.5, 0.6) is 0 Å². The number of imidazole rings is 1. The molecule has 0 atom stereocenters. The van der Waals surface area contributed by atoms with Crippen molar-refractivity contribution in [2.45, 2.75) is 44.8 Å². The van der Waals surface area contributed by atoms with E-state index in [1.54, 1.807) is 6.20 Å². The summed E-state index contributed by atoms with van der Waals surface area (Å²) in [6.07, 6.45) is 6.09. The maximum absolute atomic E-state index is 10.6. The van der Waals surface area contributed by atoms with Gasteiger partial charge in [0.15, 0.2) is 0 Å². The Kier molecular flexibility index (Phi) is 3.54. The van der Waals surface area contributed by atoms with Crippen LogP contribution in [0.1, 0.15) is 32.5 Å². The molecule has 1 fully saturated rings. The van der Waals surface area contributed by atoms with E-state index in [0.29, 0.717) is 12.5 Å². The summed E-state index contributed by atoms with van der Waals surface area (Å²) in [6, 6.07) is 0.577. The van der Waals surface area contributed by atoms with Crippen molar-refractivity contribution in [3.05, 3.63) is 18.2 Å². The van der Waals surface area contributed by atoms with Gasteiger partial charge in [-0.25, -0.2) is 4.98 Å². The number of hydrogen-bond acceptors (Lipinski definition) is 3. The predicted molar refractivity (Wildman–Crippen MR) is 67.8 cm³/mol. The van der Waals surface area contributed by atoms with Gasteiger partial charge in [-0.2, -0.15) is 0 Å². The van der Waals surface area contributed by atoms with Crippen LogP contribution in [-0.2, 0) is 13.5 Å². The molecule has 0 unspecified atom stereocenters. The highest BCUT2D eigenvalue weighted by Gasteiger charge is 2.34. The number of nitrogens with zero attached hydrogens (tertiary/aromatic N) is 3. The van der Waals surface area contributed by atoms with Gasteiger partial charge in [-0.1, -0.05) is 0 Å². The molecule has 1 N–H and O–H groups in total. The number of aryl methyl sites for hydroxylation is 1. The van der Waals surface area contributed by atoms with Gasteiger partial charge in [-0.3, -0.25) is 0 Å². The summed E-state index contributed by atoms with van der Waals surface area (Å²) < 4.78 is 1.99. The van der Waals surface area contributed by atoms with Crippen molar-refractivity contribution in [2.75, 3.05) is 13.1 Å². The molecule has 1 aliphatic heterocycles. The summed E-state index contributed by atoms with van der Waals surface area (Å²) >= 11 is 0. The van der Waals surface area contributed by atoms with E-state index in [9.17, 15) is 5.11 Å². The summed E-state index contributed by atoms with van der Waals surface area (Å²) in [5.41, 5.74) is -0.565. The molecule has 0 bridgehead atoms. The Labute approximate surface area is 103 Å². The molecule has 1 aromatic heterocycles. The van der Waals surface area contributed by atoms with Crippen LogP contribution in [0.15, 0.2) is 12.4 Å². The van der Waals surface area contributed by atoms with Crippen molar-refractivity contribution >= 4 is 0 Å². The highest BCUT2D eigenvalue weighted by atomic mass is 16.3. The van der Waals surface area contributed by atoms with E-state index in [1.807, 2.05) is 17.8 Å². The monoisotopic (exact) mass is 237 g/mol. The Bertz CT molecular complexity index is 364. The lowest BCUT2D eigenvalue weighted by molar-refractivity contribution is -0.0288. The number of likely N-dealkylation sites (tertiary alicyclic amines) is 1. The third-order valence-corrected chi connectivity index (χ3v) is 3.87. The second kappa shape index (κ2) is 4.78. The van der Waals surface area contributed by atoms with E-state index in [0.717, 1.165) is 31.8 Å². The minimum absolute atomic E-state index is 0.565. The molecule has 1 aromatic rings. The fourth-order valence-corrected chi connectivity index (χ4v) is 2.49. The van der Waals surface area contributed by atoms with Crippen LogP contribution in [0.2, 0.25) is 0 Å². The molecule has 17 heavy (non-hydrogen) atoms. The van der Waals surface area contributed by atoms with Crippen molar-refractivity contribution in [2.24, 2.45) is 7.05 Å². The van der Waals surface area contributed by atoms with Crippen molar-refractivity contribution in [3.8, 4) is 0 Å². The Morgan fingerprint density at radius 3 is 2.53 bits per heavy atom. The van der Waals surface area contributed by atoms with Crippen molar-refractivity contribution < 1.29 is 5.11 Å². The van der Waals surface area contributed by atoms with Gasteiger partial charge in [0.05, 0.1) is 5.60 Å². The molecule has 1 aliphatic rings. The van der Waals surface area contributed by atoms with E-state index >= 15 is 0 Å². The molecule has 0 radical (unpaired) electrons. The summed E-state index contributed by atoms with van der Waals surface area (Å²) in [7, 11) is 1.98. The van der Waals surface area contributed by atoms with Gasteiger partial charge in [0, 0.05) is 45.0 Å². The Balaban J connectivity index is 1.96. The third-order valence-electron chi connectivity index (χ3n) is 3.87. The van der Waals surface area contributed by atoms with Crippen LogP contribution in [0.4, 0.5) is 0 Å². The van der Waals surface area contributed by atoms with Crippen LogP contribution in [0.3, 0.4) is 0 Å². The molecular weight excluding hydrogens is 214 g/mol. The van der Waals surface area contributed by atoms with Gasteiger partial charge in [0.1, 0.15) is 5.82 Å². The molecule has 2 heterocycles. The Hall–Kier alpha value is -0.870. The highest BCUT2D eigenvalue weighted by molar-refractivity contribution is 5.00. The van der Waals surface area contributed by atoms with Crippen molar-refractivity contribution in [3.63, 3.8) is 0 Å². The van der Waals surface area contributed by atoms with E-state index < -0.39 is 5.60 Å². The van der Waals surface area contributed by atoms with Crippen LogP contribution in [0.25, 0.3) is 0 Å². The molecule has 1 saturated heterocycles. The predicted octanol–water partition coefficient (Wildman–Crippen LogP) is 1.20. The first kappa shape index (κ1) is 12.6. The molecule has 0 spiro atoms. The molecule has 4 heteroatoms. The Morgan fingerprint density at radius 1 is 1.41 bits per heavy atom. The average molecular weight is 237 g/mol. The fraction of sp³-hybridized carbons (Fsp3) is 0.769. The van der Waals surface area contributed by atoms with E-state index in [1.165, 1.54) is 0 Å². The van der Waals surface area contributed by atoms with Gasteiger partial charge in [0.25, 0.3) is 0 Å². The zero-order valence-corrected chi connectivity index (χ0v) is 11.1. The molecule has 4 nitrogen and oxygen atoms in total. The number of piperidine rings is 1. The van der Waals surface area contributed by atoms with Crippen LogP contribution in [0, 0.1) is 0 Å². The van der Waals surface area contributed by atoms with Crippen molar-refractivity contribution in [1.29, 1.82) is 0 Å². The molecule has 2 rings (SSSR count). The lowest BCUT2D eigenvalue weighted by Crippen LogP contribution is -2.48.